The minimum atomic E-state index is 0.414. The summed E-state index contributed by atoms with van der Waals surface area (Å²) in [5.41, 5.74) is 4.28. The molecule has 1 aromatic carbocycles. The molecule has 3 aromatic rings. The molecular formula is C15H11N3. The van der Waals surface area contributed by atoms with Gasteiger partial charge >= 0.3 is 0 Å². The molecule has 0 saturated carbocycles. The second kappa shape index (κ2) is 4.34. The van der Waals surface area contributed by atoms with Crippen LogP contribution in [0.5, 0.6) is 0 Å². The van der Waals surface area contributed by atoms with Crippen molar-refractivity contribution in [2.24, 2.45) is 0 Å². The predicted octanol–water partition coefficient (Wildman–Crippen LogP) is 3.30. The number of H-pyrrole nitrogens is 1. The first-order chi connectivity index (χ1) is 8.90. The van der Waals surface area contributed by atoms with E-state index in [4.69, 9.17) is 5.26 Å². The maximum Gasteiger partial charge on any atom is 0.0670 e. The minimum absolute atomic E-state index is 0.414. The van der Waals surface area contributed by atoms with Gasteiger partial charge in [-0.3, -0.25) is 4.98 Å². The van der Waals surface area contributed by atoms with E-state index in [1.165, 1.54) is 0 Å². The molecule has 2 aromatic heterocycles. The Hall–Kier alpha value is -2.60. The van der Waals surface area contributed by atoms with Crippen LogP contribution in [0.25, 0.3) is 22.0 Å². The molecule has 0 atom stereocenters. The largest absolute Gasteiger partial charge is 0.361 e. The van der Waals surface area contributed by atoms with Crippen LogP contribution >= 0.6 is 0 Å². The number of hydrogen-bond donors (Lipinski definition) is 1. The number of fused-ring (bicyclic) bond motifs is 1. The maximum atomic E-state index is 8.88. The Labute approximate surface area is 105 Å². The Morgan fingerprint density at radius 1 is 1.22 bits per heavy atom. The summed E-state index contributed by atoms with van der Waals surface area (Å²) < 4.78 is 0. The molecule has 0 radical (unpaired) electrons. The SMILES string of the molecule is N#CCc1c[nH]c2cccc(-c3cccnc3)c12. The Bertz CT molecular complexity index is 720. The first-order valence-electron chi connectivity index (χ1n) is 5.76. The van der Waals surface area contributed by atoms with Gasteiger partial charge in [-0.15, -0.1) is 0 Å². The van der Waals surface area contributed by atoms with Crippen LogP contribution in [0.2, 0.25) is 0 Å². The van der Waals surface area contributed by atoms with Gasteiger partial charge in [0.05, 0.1) is 12.5 Å². The van der Waals surface area contributed by atoms with Crippen molar-refractivity contribution in [2.45, 2.75) is 6.42 Å². The number of nitrogens with zero attached hydrogens (tertiary/aromatic N) is 2. The van der Waals surface area contributed by atoms with Gasteiger partial charge in [-0.2, -0.15) is 5.26 Å². The van der Waals surface area contributed by atoms with Crippen molar-refractivity contribution in [3.63, 3.8) is 0 Å². The number of nitriles is 1. The van der Waals surface area contributed by atoms with Gasteiger partial charge < -0.3 is 4.98 Å². The molecule has 0 fully saturated rings. The number of aromatic amines is 1. The van der Waals surface area contributed by atoms with Gasteiger partial charge in [0.15, 0.2) is 0 Å². The highest BCUT2D eigenvalue weighted by Crippen LogP contribution is 2.30. The molecule has 18 heavy (non-hydrogen) atoms. The number of nitrogens with one attached hydrogen (secondary N) is 1. The van der Waals surface area contributed by atoms with E-state index in [1.807, 2.05) is 36.7 Å². The topological polar surface area (TPSA) is 52.5 Å². The van der Waals surface area contributed by atoms with Gasteiger partial charge in [0.1, 0.15) is 0 Å². The van der Waals surface area contributed by atoms with Crippen LogP contribution in [-0.2, 0) is 6.42 Å². The molecular weight excluding hydrogens is 222 g/mol. The zero-order valence-corrected chi connectivity index (χ0v) is 9.72. The van der Waals surface area contributed by atoms with E-state index in [2.05, 4.69) is 22.1 Å². The van der Waals surface area contributed by atoms with Gasteiger partial charge in [-0.05, 0) is 23.3 Å². The average molecular weight is 233 g/mol. The molecule has 0 aliphatic rings. The third-order valence-electron chi connectivity index (χ3n) is 3.03. The van der Waals surface area contributed by atoms with Crippen molar-refractivity contribution in [1.82, 2.24) is 9.97 Å². The third kappa shape index (κ3) is 1.64. The zero-order chi connectivity index (χ0) is 12.4. The molecule has 0 aliphatic carbocycles. The van der Waals surface area contributed by atoms with Crippen LogP contribution in [-0.4, -0.2) is 9.97 Å². The molecule has 86 valence electrons. The molecule has 1 N–H and O–H groups in total. The Balaban J connectivity index is 2.29. The number of hydrogen-bond acceptors (Lipinski definition) is 2. The lowest BCUT2D eigenvalue weighted by Gasteiger charge is -2.04. The number of aromatic nitrogens is 2. The second-order valence-electron chi connectivity index (χ2n) is 4.12. The average Bonchev–Trinajstić information content (AvgIpc) is 2.84. The summed E-state index contributed by atoms with van der Waals surface area (Å²) in [4.78, 5) is 7.36. The van der Waals surface area contributed by atoms with E-state index in [9.17, 15) is 0 Å². The fourth-order valence-electron chi connectivity index (χ4n) is 2.24. The molecule has 3 nitrogen and oxygen atoms in total. The number of benzene rings is 1. The molecule has 0 bridgehead atoms. The lowest BCUT2D eigenvalue weighted by molar-refractivity contribution is 1.27. The van der Waals surface area contributed by atoms with Gasteiger partial charge in [0, 0.05) is 35.1 Å². The molecule has 0 saturated heterocycles. The van der Waals surface area contributed by atoms with E-state index in [0.717, 1.165) is 27.6 Å². The fraction of sp³-hybridized carbons (Fsp3) is 0.0667. The van der Waals surface area contributed by atoms with Crippen molar-refractivity contribution in [3.8, 4) is 17.2 Å². The van der Waals surface area contributed by atoms with E-state index < -0.39 is 0 Å². The Morgan fingerprint density at radius 2 is 2.17 bits per heavy atom. The van der Waals surface area contributed by atoms with Crippen LogP contribution < -0.4 is 0 Å². The molecule has 0 amide bonds. The summed E-state index contributed by atoms with van der Waals surface area (Å²) in [5.74, 6) is 0. The highest BCUT2D eigenvalue weighted by molar-refractivity contribution is 5.97. The minimum Gasteiger partial charge on any atom is -0.361 e. The lowest BCUT2D eigenvalue weighted by atomic mass is 10.00. The van der Waals surface area contributed by atoms with E-state index >= 15 is 0 Å². The first-order valence-corrected chi connectivity index (χ1v) is 5.76. The Morgan fingerprint density at radius 3 is 2.94 bits per heavy atom. The quantitative estimate of drug-likeness (QED) is 0.738. The first kappa shape index (κ1) is 10.5. The van der Waals surface area contributed by atoms with Crippen molar-refractivity contribution in [2.75, 3.05) is 0 Å². The smallest absolute Gasteiger partial charge is 0.0670 e. The van der Waals surface area contributed by atoms with Gasteiger partial charge in [-0.1, -0.05) is 18.2 Å². The van der Waals surface area contributed by atoms with Crippen molar-refractivity contribution < 1.29 is 0 Å². The normalized spacial score (nSPS) is 10.4. The highest BCUT2D eigenvalue weighted by atomic mass is 14.7. The van der Waals surface area contributed by atoms with Crippen LogP contribution in [0, 0.1) is 11.3 Å². The molecule has 2 heterocycles. The van der Waals surface area contributed by atoms with Crippen molar-refractivity contribution in [1.29, 1.82) is 5.26 Å². The summed E-state index contributed by atoms with van der Waals surface area (Å²) in [7, 11) is 0. The molecule has 0 aliphatic heterocycles. The van der Waals surface area contributed by atoms with Gasteiger partial charge in [-0.25, -0.2) is 0 Å². The van der Waals surface area contributed by atoms with E-state index in [1.54, 1.807) is 6.20 Å². The summed E-state index contributed by atoms with van der Waals surface area (Å²) in [6, 6.07) is 12.3. The maximum absolute atomic E-state index is 8.88. The molecule has 0 unspecified atom stereocenters. The summed E-state index contributed by atoms with van der Waals surface area (Å²) in [6.45, 7) is 0. The van der Waals surface area contributed by atoms with Crippen LogP contribution in [0.1, 0.15) is 5.56 Å². The molecule has 3 heteroatoms. The summed E-state index contributed by atoms with van der Waals surface area (Å²) in [5, 5.41) is 10.0. The number of rotatable bonds is 2. The van der Waals surface area contributed by atoms with Gasteiger partial charge in [0.25, 0.3) is 0 Å². The fourth-order valence-corrected chi connectivity index (χ4v) is 2.24. The van der Waals surface area contributed by atoms with Crippen LogP contribution in [0.3, 0.4) is 0 Å². The lowest BCUT2D eigenvalue weighted by Crippen LogP contribution is -1.84. The molecule has 0 spiro atoms. The monoisotopic (exact) mass is 233 g/mol. The zero-order valence-electron chi connectivity index (χ0n) is 9.72. The predicted molar refractivity (Wildman–Crippen MR) is 70.8 cm³/mol. The molecule has 3 rings (SSSR count). The van der Waals surface area contributed by atoms with Crippen molar-refractivity contribution >= 4 is 10.9 Å². The summed E-state index contributed by atoms with van der Waals surface area (Å²) in [6.07, 6.45) is 5.93. The van der Waals surface area contributed by atoms with E-state index in [0.29, 0.717) is 6.42 Å². The highest BCUT2D eigenvalue weighted by Gasteiger charge is 2.09. The third-order valence-corrected chi connectivity index (χ3v) is 3.03. The van der Waals surface area contributed by atoms with E-state index in [-0.39, 0.29) is 0 Å². The van der Waals surface area contributed by atoms with Gasteiger partial charge in [0.2, 0.25) is 0 Å². The Kier molecular flexibility index (Phi) is 2.54. The van der Waals surface area contributed by atoms with Crippen molar-refractivity contribution in [3.05, 3.63) is 54.5 Å². The van der Waals surface area contributed by atoms with Crippen LogP contribution in [0.4, 0.5) is 0 Å². The summed E-state index contributed by atoms with van der Waals surface area (Å²) >= 11 is 0. The second-order valence-corrected chi connectivity index (χ2v) is 4.12. The van der Waals surface area contributed by atoms with Crippen LogP contribution in [0.15, 0.2) is 48.9 Å². The standard InChI is InChI=1S/C15H11N3/c16-7-6-12-10-18-14-5-1-4-13(15(12)14)11-3-2-8-17-9-11/h1-5,8-10,18H,6H2. The number of pyridine rings is 1.